The van der Waals surface area contributed by atoms with Crippen molar-refractivity contribution in [1.29, 1.82) is 0 Å². The van der Waals surface area contributed by atoms with Crippen LogP contribution in [0.3, 0.4) is 0 Å². The first kappa shape index (κ1) is 12.8. The molecule has 1 aliphatic rings. The van der Waals surface area contributed by atoms with Crippen LogP contribution in [-0.2, 0) is 4.74 Å². The first-order chi connectivity index (χ1) is 8.68. The Morgan fingerprint density at radius 3 is 3.00 bits per heavy atom. The fraction of sp³-hybridized carbons (Fsp3) is 0.500. The average molecular weight is 253 g/mol. The van der Waals surface area contributed by atoms with E-state index in [4.69, 9.17) is 10.5 Å². The molecule has 1 aromatic heterocycles. The van der Waals surface area contributed by atoms with Crippen LogP contribution in [-0.4, -0.2) is 30.6 Å². The lowest BCUT2D eigenvalue weighted by molar-refractivity contribution is 0.0642. The van der Waals surface area contributed by atoms with Crippen molar-refractivity contribution in [3.8, 4) is 0 Å². The Kier molecular flexibility index (Phi) is 4.09. The minimum Gasteiger partial charge on any atom is -0.381 e. The van der Waals surface area contributed by atoms with Crippen LogP contribution in [0.4, 0.5) is 10.2 Å². The third kappa shape index (κ3) is 2.95. The molecule has 1 fully saturated rings. The van der Waals surface area contributed by atoms with Crippen LogP contribution in [0.15, 0.2) is 12.3 Å². The third-order valence-corrected chi connectivity index (χ3v) is 3.05. The summed E-state index contributed by atoms with van der Waals surface area (Å²) < 4.78 is 18.8. The average Bonchev–Trinajstić information content (AvgIpc) is 2.40. The molecule has 1 aromatic rings. The van der Waals surface area contributed by atoms with Gasteiger partial charge in [-0.2, -0.15) is 0 Å². The summed E-state index contributed by atoms with van der Waals surface area (Å²) >= 11 is 0. The van der Waals surface area contributed by atoms with Gasteiger partial charge in [0, 0.05) is 26.0 Å². The minimum atomic E-state index is -0.762. The van der Waals surface area contributed by atoms with Gasteiger partial charge in [0.1, 0.15) is 0 Å². The summed E-state index contributed by atoms with van der Waals surface area (Å²) in [5, 5.41) is 2.72. The number of carbonyl (C=O) groups is 1. The van der Waals surface area contributed by atoms with Crippen LogP contribution in [0.1, 0.15) is 23.2 Å². The number of rotatable bonds is 3. The molecule has 1 saturated heterocycles. The predicted octanol–water partition coefficient (Wildman–Crippen LogP) is 0.959. The molecule has 0 aliphatic carbocycles. The van der Waals surface area contributed by atoms with Gasteiger partial charge < -0.3 is 15.8 Å². The van der Waals surface area contributed by atoms with Gasteiger partial charge in [-0.3, -0.25) is 4.79 Å². The lowest BCUT2D eigenvalue weighted by Crippen LogP contribution is -2.32. The molecule has 0 spiro atoms. The van der Waals surface area contributed by atoms with E-state index in [2.05, 4.69) is 10.3 Å². The van der Waals surface area contributed by atoms with Gasteiger partial charge in [-0.25, -0.2) is 9.37 Å². The zero-order valence-electron chi connectivity index (χ0n) is 9.99. The second kappa shape index (κ2) is 5.77. The molecule has 5 nitrogen and oxygen atoms in total. The maximum absolute atomic E-state index is 13.5. The van der Waals surface area contributed by atoms with Gasteiger partial charge in [-0.15, -0.1) is 0 Å². The summed E-state index contributed by atoms with van der Waals surface area (Å²) in [6, 6.07) is 1.32. The standard InChI is InChI=1S/C12H16FN3O2/c13-10-9(1-4-15-11(10)14)12(17)16-7-8-2-5-18-6-3-8/h1,4,8H,2-3,5-7H2,(H2,14,15)(H,16,17). The highest BCUT2D eigenvalue weighted by Crippen LogP contribution is 2.15. The van der Waals surface area contributed by atoms with E-state index in [1.807, 2.05) is 0 Å². The van der Waals surface area contributed by atoms with E-state index >= 15 is 0 Å². The number of amides is 1. The fourth-order valence-electron chi connectivity index (χ4n) is 1.92. The van der Waals surface area contributed by atoms with Gasteiger partial charge >= 0.3 is 0 Å². The highest BCUT2D eigenvalue weighted by atomic mass is 19.1. The molecular formula is C12H16FN3O2. The van der Waals surface area contributed by atoms with Gasteiger partial charge in [0.15, 0.2) is 11.6 Å². The minimum absolute atomic E-state index is 0.0606. The van der Waals surface area contributed by atoms with Gasteiger partial charge in [-0.05, 0) is 24.8 Å². The van der Waals surface area contributed by atoms with Crippen molar-refractivity contribution in [1.82, 2.24) is 10.3 Å². The number of ether oxygens (including phenoxy) is 1. The number of hydrogen-bond acceptors (Lipinski definition) is 4. The summed E-state index contributed by atoms with van der Waals surface area (Å²) in [5.41, 5.74) is 5.25. The number of hydrogen-bond donors (Lipinski definition) is 2. The number of nitrogens with one attached hydrogen (secondary N) is 1. The first-order valence-electron chi connectivity index (χ1n) is 5.94. The molecule has 6 heteroatoms. The van der Waals surface area contributed by atoms with Crippen molar-refractivity contribution in [2.75, 3.05) is 25.5 Å². The molecule has 1 amide bonds. The SMILES string of the molecule is Nc1nccc(C(=O)NCC2CCOCC2)c1F. The molecule has 0 saturated carbocycles. The van der Waals surface area contributed by atoms with Crippen molar-refractivity contribution in [2.45, 2.75) is 12.8 Å². The molecular weight excluding hydrogens is 237 g/mol. The quantitative estimate of drug-likeness (QED) is 0.841. The number of carbonyl (C=O) groups excluding carboxylic acids is 1. The number of halogens is 1. The van der Waals surface area contributed by atoms with Crippen LogP contribution in [0.25, 0.3) is 0 Å². The van der Waals surface area contributed by atoms with Crippen LogP contribution >= 0.6 is 0 Å². The number of nitrogens with two attached hydrogens (primary N) is 1. The maximum atomic E-state index is 13.5. The van der Waals surface area contributed by atoms with Crippen LogP contribution in [0.2, 0.25) is 0 Å². The Bertz CT molecular complexity index is 433. The summed E-state index contributed by atoms with van der Waals surface area (Å²) in [7, 11) is 0. The van der Waals surface area contributed by atoms with E-state index in [9.17, 15) is 9.18 Å². The van der Waals surface area contributed by atoms with Crippen molar-refractivity contribution < 1.29 is 13.9 Å². The Labute approximate surface area is 105 Å². The van der Waals surface area contributed by atoms with E-state index in [1.54, 1.807) is 0 Å². The second-order valence-corrected chi connectivity index (χ2v) is 4.32. The highest BCUT2D eigenvalue weighted by Gasteiger charge is 2.18. The molecule has 0 atom stereocenters. The Morgan fingerprint density at radius 2 is 2.28 bits per heavy atom. The summed E-state index contributed by atoms with van der Waals surface area (Å²) in [6.07, 6.45) is 3.16. The van der Waals surface area contributed by atoms with Crippen molar-refractivity contribution in [2.24, 2.45) is 5.92 Å². The second-order valence-electron chi connectivity index (χ2n) is 4.32. The van der Waals surface area contributed by atoms with E-state index in [0.29, 0.717) is 12.5 Å². The van der Waals surface area contributed by atoms with E-state index < -0.39 is 11.7 Å². The third-order valence-electron chi connectivity index (χ3n) is 3.05. The molecule has 18 heavy (non-hydrogen) atoms. The lowest BCUT2D eigenvalue weighted by atomic mass is 10.0. The van der Waals surface area contributed by atoms with E-state index in [0.717, 1.165) is 26.1 Å². The van der Waals surface area contributed by atoms with Crippen LogP contribution < -0.4 is 11.1 Å². The zero-order chi connectivity index (χ0) is 13.0. The fourth-order valence-corrected chi connectivity index (χ4v) is 1.92. The molecule has 0 unspecified atom stereocenters. The number of anilines is 1. The number of nitrogen functional groups attached to an aromatic ring is 1. The Balaban J connectivity index is 1.93. The maximum Gasteiger partial charge on any atom is 0.254 e. The molecule has 98 valence electrons. The largest absolute Gasteiger partial charge is 0.381 e. The molecule has 0 aromatic carbocycles. The molecule has 0 radical (unpaired) electrons. The first-order valence-corrected chi connectivity index (χ1v) is 5.94. The zero-order valence-corrected chi connectivity index (χ0v) is 9.99. The number of nitrogens with zero attached hydrogens (tertiary/aromatic N) is 1. The highest BCUT2D eigenvalue weighted by molar-refractivity contribution is 5.95. The van der Waals surface area contributed by atoms with Gasteiger partial charge in [-0.1, -0.05) is 0 Å². The molecule has 1 aliphatic heterocycles. The van der Waals surface area contributed by atoms with Crippen molar-refractivity contribution in [3.05, 3.63) is 23.6 Å². The normalized spacial score (nSPS) is 16.5. The number of pyridine rings is 1. The molecule has 2 heterocycles. The van der Waals surface area contributed by atoms with E-state index in [-0.39, 0.29) is 11.4 Å². The Hall–Kier alpha value is -1.69. The van der Waals surface area contributed by atoms with Gasteiger partial charge in [0.05, 0.1) is 5.56 Å². The molecule has 0 bridgehead atoms. The van der Waals surface area contributed by atoms with Crippen molar-refractivity contribution in [3.63, 3.8) is 0 Å². The van der Waals surface area contributed by atoms with Gasteiger partial charge in [0.2, 0.25) is 0 Å². The summed E-state index contributed by atoms with van der Waals surface area (Å²) in [4.78, 5) is 15.4. The lowest BCUT2D eigenvalue weighted by Gasteiger charge is -2.22. The molecule has 3 N–H and O–H groups in total. The number of aromatic nitrogens is 1. The Morgan fingerprint density at radius 1 is 1.56 bits per heavy atom. The van der Waals surface area contributed by atoms with Gasteiger partial charge in [0.25, 0.3) is 5.91 Å². The van der Waals surface area contributed by atoms with Crippen LogP contribution in [0.5, 0.6) is 0 Å². The van der Waals surface area contributed by atoms with Crippen LogP contribution in [0, 0.1) is 11.7 Å². The summed E-state index contributed by atoms with van der Waals surface area (Å²) in [6.45, 7) is 1.97. The monoisotopic (exact) mass is 253 g/mol. The van der Waals surface area contributed by atoms with E-state index in [1.165, 1.54) is 12.3 Å². The molecule has 2 rings (SSSR count). The topological polar surface area (TPSA) is 77.2 Å². The smallest absolute Gasteiger partial charge is 0.254 e. The van der Waals surface area contributed by atoms with Crippen molar-refractivity contribution >= 4 is 11.7 Å². The summed E-state index contributed by atoms with van der Waals surface area (Å²) in [5.74, 6) is -1.08. The predicted molar refractivity (Wildman–Crippen MR) is 64.5 cm³/mol.